The van der Waals surface area contributed by atoms with Crippen LogP contribution in [0.15, 0.2) is 177 Å². The highest BCUT2D eigenvalue weighted by molar-refractivity contribution is 6.12. The van der Waals surface area contributed by atoms with Crippen LogP contribution in [0.3, 0.4) is 0 Å². The molecule has 0 amide bonds. The molecule has 9 rings (SSSR count). The van der Waals surface area contributed by atoms with Gasteiger partial charge in [-0.05, 0) is 66.7 Å². The molecule has 0 spiro atoms. The fraction of sp³-hybridized carbons (Fsp3) is 0. The van der Waals surface area contributed by atoms with E-state index in [1.807, 2.05) is 18.2 Å². The quantitative estimate of drug-likeness (QED) is 0.165. The fourth-order valence-electron chi connectivity index (χ4n) is 7.12. The normalized spacial score (nSPS) is 11.8. The summed E-state index contributed by atoms with van der Waals surface area (Å²) in [5.74, 6) is 1.55. The SMILES string of the molecule is C=C/C=C\C(=C)n1c2ccccc2c2cc(-c3nnc(-c4ccc5c6ccccc6n(-c6ccccc6)c5c4)n3-c3ccccc3)ccc21. The Morgan fingerprint density at radius 3 is 1.71 bits per heavy atom. The summed E-state index contributed by atoms with van der Waals surface area (Å²) in [6.45, 7) is 8.20. The third kappa shape index (κ3) is 4.55. The minimum atomic E-state index is 0.772. The van der Waals surface area contributed by atoms with Crippen LogP contribution in [0.1, 0.15) is 0 Å². The first-order chi connectivity index (χ1) is 24.2. The molecule has 3 aromatic heterocycles. The lowest BCUT2D eigenvalue weighted by Gasteiger charge is -2.12. The number of nitrogens with zero attached hydrogens (tertiary/aromatic N) is 5. The molecule has 0 saturated heterocycles. The Kier molecular flexibility index (Phi) is 6.69. The van der Waals surface area contributed by atoms with Crippen molar-refractivity contribution in [3.8, 4) is 34.2 Å². The molecule has 3 heterocycles. The van der Waals surface area contributed by atoms with Crippen LogP contribution in [0, 0.1) is 0 Å². The van der Waals surface area contributed by atoms with Crippen molar-refractivity contribution in [1.82, 2.24) is 23.9 Å². The number of fused-ring (bicyclic) bond motifs is 6. The van der Waals surface area contributed by atoms with E-state index in [0.29, 0.717) is 0 Å². The molecule has 0 saturated carbocycles. The zero-order valence-corrected chi connectivity index (χ0v) is 26.7. The van der Waals surface area contributed by atoms with Crippen molar-refractivity contribution in [2.45, 2.75) is 0 Å². The van der Waals surface area contributed by atoms with Crippen LogP contribution < -0.4 is 0 Å². The number of hydrogen-bond acceptors (Lipinski definition) is 2. The molecule has 0 aliphatic rings. The Bertz CT molecular complexity index is 2740. The molecule has 49 heavy (non-hydrogen) atoms. The predicted octanol–water partition coefficient (Wildman–Crippen LogP) is 11.0. The number of para-hydroxylation sites is 4. The first-order valence-electron chi connectivity index (χ1n) is 16.3. The maximum Gasteiger partial charge on any atom is 0.168 e. The van der Waals surface area contributed by atoms with E-state index in [1.54, 1.807) is 6.08 Å². The van der Waals surface area contributed by atoms with Crippen LogP contribution >= 0.6 is 0 Å². The van der Waals surface area contributed by atoms with E-state index < -0.39 is 0 Å². The summed E-state index contributed by atoms with van der Waals surface area (Å²) in [6.07, 6.45) is 5.67. The molecule has 0 aliphatic heterocycles. The second-order valence-electron chi connectivity index (χ2n) is 12.1. The summed E-state index contributed by atoms with van der Waals surface area (Å²) in [5, 5.41) is 14.4. The van der Waals surface area contributed by atoms with Crippen LogP contribution in [0.2, 0.25) is 0 Å². The van der Waals surface area contributed by atoms with Gasteiger partial charge in [0.05, 0.1) is 22.1 Å². The molecule has 5 nitrogen and oxygen atoms in total. The van der Waals surface area contributed by atoms with Crippen molar-refractivity contribution in [3.63, 3.8) is 0 Å². The molecule has 0 N–H and O–H groups in total. The van der Waals surface area contributed by atoms with Gasteiger partial charge in [-0.3, -0.25) is 4.57 Å². The van der Waals surface area contributed by atoms with Crippen LogP contribution in [0.4, 0.5) is 0 Å². The molecular formula is C44H31N5. The Morgan fingerprint density at radius 1 is 0.490 bits per heavy atom. The summed E-state index contributed by atoms with van der Waals surface area (Å²) in [4.78, 5) is 0. The average Bonchev–Trinajstić information content (AvgIpc) is 3.84. The summed E-state index contributed by atoms with van der Waals surface area (Å²) < 4.78 is 6.70. The highest BCUT2D eigenvalue weighted by atomic mass is 15.3. The first kappa shape index (κ1) is 28.5. The molecule has 232 valence electrons. The highest BCUT2D eigenvalue weighted by Gasteiger charge is 2.21. The third-order valence-electron chi connectivity index (χ3n) is 9.27. The second kappa shape index (κ2) is 11.5. The average molecular weight is 630 g/mol. The number of allylic oxidation sites excluding steroid dienone is 4. The van der Waals surface area contributed by atoms with Gasteiger partial charge in [0.25, 0.3) is 0 Å². The van der Waals surface area contributed by atoms with Gasteiger partial charge in [0.2, 0.25) is 0 Å². The van der Waals surface area contributed by atoms with Gasteiger partial charge in [0.15, 0.2) is 11.6 Å². The van der Waals surface area contributed by atoms with Crippen molar-refractivity contribution in [1.29, 1.82) is 0 Å². The van der Waals surface area contributed by atoms with Crippen LogP contribution in [-0.4, -0.2) is 23.9 Å². The highest BCUT2D eigenvalue weighted by Crippen LogP contribution is 2.38. The molecule has 0 aliphatic carbocycles. The van der Waals surface area contributed by atoms with E-state index in [9.17, 15) is 0 Å². The lowest BCUT2D eigenvalue weighted by Crippen LogP contribution is -2.01. The topological polar surface area (TPSA) is 40.6 Å². The number of rotatable bonds is 7. The number of benzene rings is 6. The molecule has 0 radical (unpaired) electrons. The molecule has 0 unspecified atom stereocenters. The molecule has 0 fully saturated rings. The van der Waals surface area contributed by atoms with Gasteiger partial charge < -0.3 is 9.13 Å². The zero-order valence-electron chi connectivity index (χ0n) is 26.7. The molecule has 0 bridgehead atoms. The first-order valence-corrected chi connectivity index (χ1v) is 16.3. The van der Waals surface area contributed by atoms with E-state index in [0.717, 1.165) is 67.2 Å². The lowest BCUT2D eigenvalue weighted by molar-refractivity contribution is 1.07. The van der Waals surface area contributed by atoms with Crippen LogP contribution in [0.5, 0.6) is 0 Å². The molecule has 5 heteroatoms. The van der Waals surface area contributed by atoms with Crippen molar-refractivity contribution in [3.05, 3.63) is 177 Å². The number of hydrogen-bond donors (Lipinski definition) is 0. The molecule has 6 aromatic carbocycles. The minimum absolute atomic E-state index is 0.772. The van der Waals surface area contributed by atoms with E-state index >= 15 is 0 Å². The Labute approximate surface area is 283 Å². The van der Waals surface area contributed by atoms with E-state index in [1.165, 1.54) is 16.3 Å². The van der Waals surface area contributed by atoms with Gasteiger partial charge in [0, 0.05) is 49.7 Å². The van der Waals surface area contributed by atoms with Gasteiger partial charge >= 0.3 is 0 Å². The molecule has 0 atom stereocenters. The Hall–Kier alpha value is -6.72. The predicted molar refractivity (Wildman–Crippen MR) is 204 cm³/mol. The Balaban J connectivity index is 1.27. The van der Waals surface area contributed by atoms with E-state index in [-0.39, 0.29) is 0 Å². The number of aromatic nitrogens is 5. The van der Waals surface area contributed by atoms with E-state index in [2.05, 4.69) is 166 Å². The van der Waals surface area contributed by atoms with Crippen molar-refractivity contribution < 1.29 is 0 Å². The van der Waals surface area contributed by atoms with Crippen LogP contribution in [-0.2, 0) is 0 Å². The Morgan fingerprint density at radius 2 is 1.02 bits per heavy atom. The van der Waals surface area contributed by atoms with Crippen LogP contribution in [0.25, 0.3) is 83.5 Å². The fourth-order valence-corrected chi connectivity index (χ4v) is 7.12. The second-order valence-corrected chi connectivity index (χ2v) is 12.1. The lowest BCUT2D eigenvalue weighted by atomic mass is 10.1. The zero-order chi connectivity index (χ0) is 32.9. The third-order valence-corrected chi connectivity index (χ3v) is 9.27. The summed E-state index contributed by atoms with van der Waals surface area (Å²) in [6, 6.07) is 51.0. The van der Waals surface area contributed by atoms with Crippen molar-refractivity contribution in [2.75, 3.05) is 0 Å². The standard InChI is InChI=1S/C44H31N5/c1-3-4-15-30(2)47-39-22-13-12-21-36(39)38-28-31(25-27-41(38)47)43-45-46-44(49(43)34-18-9-6-10-19-34)32-24-26-37-35-20-11-14-23-40(35)48(42(37)29-32)33-16-7-5-8-17-33/h3-29H,1-2H2/b15-4-. The van der Waals surface area contributed by atoms with Gasteiger partial charge in [-0.25, -0.2) is 0 Å². The maximum atomic E-state index is 4.88. The van der Waals surface area contributed by atoms with Crippen molar-refractivity contribution in [2.24, 2.45) is 0 Å². The van der Waals surface area contributed by atoms with Crippen molar-refractivity contribution >= 4 is 49.3 Å². The van der Waals surface area contributed by atoms with E-state index in [4.69, 9.17) is 10.2 Å². The summed E-state index contributed by atoms with van der Waals surface area (Å²) in [7, 11) is 0. The molecule has 9 aromatic rings. The van der Waals surface area contributed by atoms with Gasteiger partial charge in [-0.2, -0.15) is 0 Å². The maximum absolute atomic E-state index is 4.88. The minimum Gasteiger partial charge on any atom is -0.310 e. The van der Waals surface area contributed by atoms with Gasteiger partial charge in [-0.1, -0.05) is 110 Å². The van der Waals surface area contributed by atoms with Gasteiger partial charge in [0.1, 0.15) is 0 Å². The smallest absolute Gasteiger partial charge is 0.168 e. The monoisotopic (exact) mass is 629 g/mol. The molecular weight excluding hydrogens is 599 g/mol. The van der Waals surface area contributed by atoms with Gasteiger partial charge in [-0.15, -0.1) is 10.2 Å². The summed E-state index contributed by atoms with van der Waals surface area (Å²) >= 11 is 0. The summed E-state index contributed by atoms with van der Waals surface area (Å²) in [5.41, 5.74) is 9.40. The largest absolute Gasteiger partial charge is 0.310 e.